The number of hydrogen-bond donors (Lipinski definition) is 3. The molecule has 0 saturated carbocycles. The number of aliphatic imine (C=N–C) groups is 1. The van der Waals surface area contributed by atoms with Crippen molar-refractivity contribution in [2.45, 2.75) is 0 Å². The van der Waals surface area contributed by atoms with Crippen LogP contribution in [0.25, 0.3) is 0 Å². The molecule has 3 N–H and O–H groups in total. The molecule has 0 fully saturated rings. The maximum atomic E-state index is 11.6. The van der Waals surface area contributed by atoms with Gasteiger partial charge in [-0.15, -0.1) is 0 Å². The second-order valence-electron chi connectivity index (χ2n) is 3.82. The highest BCUT2D eigenvalue weighted by Crippen LogP contribution is 2.28. The lowest BCUT2D eigenvalue weighted by Crippen LogP contribution is -2.13. The number of benzene rings is 1. The molecule has 108 valence electrons. The molecule has 0 bridgehead atoms. The Morgan fingerprint density at radius 2 is 2.14 bits per heavy atom. The molecule has 0 unspecified atom stereocenters. The molecule has 0 atom stereocenters. The van der Waals surface area contributed by atoms with Crippen molar-refractivity contribution in [3.05, 3.63) is 54.0 Å². The predicted molar refractivity (Wildman–Crippen MR) is 79.3 cm³/mol. The number of nitro groups is 1. The SMILES string of the molecule is O=c1[nH]c(=S)[nH]c(O)c1C=Nc1ccc(Cl)c([N+](=O)[O-])c1. The van der Waals surface area contributed by atoms with Gasteiger partial charge in [0.15, 0.2) is 4.77 Å². The Morgan fingerprint density at radius 3 is 2.76 bits per heavy atom. The third kappa shape index (κ3) is 3.33. The highest BCUT2D eigenvalue weighted by atomic mass is 35.5. The number of nitrogens with zero attached hydrogens (tertiary/aromatic N) is 2. The van der Waals surface area contributed by atoms with E-state index in [4.69, 9.17) is 11.6 Å². The third-order valence-electron chi connectivity index (χ3n) is 2.43. The number of aromatic hydroxyl groups is 1. The van der Waals surface area contributed by atoms with Gasteiger partial charge in [-0.2, -0.15) is 0 Å². The number of rotatable bonds is 3. The van der Waals surface area contributed by atoms with Crippen LogP contribution < -0.4 is 5.56 Å². The standard InChI is InChI=1S/C11H7ClN4O4S/c12-7-2-1-5(3-8(7)16(19)20)13-4-6-9(17)14-11(21)15-10(6)18/h1-4H,(H3,14,15,17,18,21). The number of halogens is 1. The van der Waals surface area contributed by atoms with Crippen molar-refractivity contribution in [2.75, 3.05) is 0 Å². The molecule has 0 saturated heterocycles. The first-order valence-electron chi connectivity index (χ1n) is 5.42. The first-order valence-corrected chi connectivity index (χ1v) is 6.20. The Kier molecular flexibility index (Phi) is 4.15. The van der Waals surface area contributed by atoms with Crippen LogP contribution in [0.3, 0.4) is 0 Å². The van der Waals surface area contributed by atoms with Crippen LogP contribution in [-0.4, -0.2) is 26.2 Å². The minimum atomic E-state index is -0.647. The van der Waals surface area contributed by atoms with Gasteiger partial charge >= 0.3 is 0 Å². The summed E-state index contributed by atoms with van der Waals surface area (Å²) in [6, 6.07) is 3.90. The lowest BCUT2D eigenvalue weighted by Gasteiger charge is -1.99. The average molecular weight is 327 g/mol. The molecule has 1 aromatic heterocycles. The van der Waals surface area contributed by atoms with Gasteiger partial charge in [-0.05, 0) is 24.4 Å². The molecule has 0 aliphatic carbocycles. The topological polar surface area (TPSA) is 124 Å². The van der Waals surface area contributed by atoms with E-state index in [0.29, 0.717) is 0 Å². The van der Waals surface area contributed by atoms with Crippen molar-refractivity contribution in [3.8, 4) is 5.88 Å². The van der Waals surface area contributed by atoms with Crippen molar-refractivity contribution in [3.63, 3.8) is 0 Å². The van der Waals surface area contributed by atoms with Gasteiger partial charge < -0.3 is 10.1 Å². The normalized spacial score (nSPS) is 10.9. The molecule has 2 aromatic rings. The molecule has 1 heterocycles. The first-order chi connectivity index (χ1) is 9.88. The van der Waals surface area contributed by atoms with Crippen LogP contribution in [0.15, 0.2) is 28.0 Å². The summed E-state index contributed by atoms with van der Waals surface area (Å²) in [6.07, 6.45) is 1.06. The number of nitro benzene ring substituents is 1. The van der Waals surface area contributed by atoms with Gasteiger partial charge in [0.1, 0.15) is 10.6 Å². The van der Waals surface area contributed by atoms with E-state index in [2.05, 4.69) is 27.2 Å². The number of hydrogen-bond acceptors (Lipinski definition) is 6. The number of H-pyrrole nitrogens is 2. The maximum Gasteiger partial charge on any atom is 0.290 e. The predicted octanol–water partition coefficient (Wildman–Crippen LogP) is 2.45. The summed E-state index contributed by atoms with van der Waals surface area (Å²) in [5.74, 6) is -0.448. The van der Waals surface area contributed by atoms with Gasteiger partial charge in [0.05, 0.1) is 10.6 Å². The minimum absolute atomic E-state index is 0.0246. The van der Waals surface area contributed by atoms with Crippen LogP contribution in [0.2, 0.25) is 5.02 Å². The number of aromatic nitrogens is 2. The molecule has 2 rings (SSSR count). The van der Waals surface area contributed by atoms with E-state index in [1.807, 2.05) is 0 Å². The second kappa shape index (κ2) is 5.85. The van der Waals surface area contributed by atoms with E-state index in [0.717, 1.165) is 12.3 Å². The molecule has 21 heavy (non-hydrogen) atoms. The van der Waals surface area contributed by atoms with Gasteiger partial charge in [-0.3, -0.25) is 24.9 Å². The Labute approximate surface area is 126 Å². The van der Waals surface area contributed by atoms with Crippen molar-refractivity contribution in [1.29, 1.82) is 0 Å². The fourth-order valence-corrected chi connectivity index (χ4v) is 1.84. The summed E-state index contributed by atoms with van der Waals surface area (Å²) in [6.45, 7) is 0. The number of nitrogens with one attached hydrogen (secondary N) is 2. The van der Waals surface area contributed by atoms with Crippen LogP contribution >= 0.6 is 23.8 Å². The van der Waals surface area contributed by atoms with Gasteiger partial charge in [0.2, 0.25) is 5.88 Å². The Morgan fingerprint density at radius 1 is 1.43 bits per heavy atom. The van der Waals surface area contributed by atoms with Crippen LogP contribution in [-0.2, 0) is 0 Å². The van der Waals surface area contributed by atoms with Crippen molar-refractivity contribution >= 4 is 41.4 Å². The van der Waals surface area contributed by atoms with E-state index >= 15 is 0 Å². The van der Waals surface area contributed by atoms with Crippen molar-refractivity contribution in [2.24, 2.45) is 4.99 Å². The molecule has 0 spiro atoms. The van der Waals surface area contributed by atoms with Crippen LogP contribution in [0.4, 0.5) is 11.4 Å². The van der Waals surface area contributed by atoms with Gasteiger partial charge in [-0.1, -0.05) is 11.6 Å². The highest BCUT2D eigenvalue weighted by Gasteiger charge is 2.12. The smallest absolute Gasteiger partial charge is 0.290 e. The minimum Gasteiger partial charge on any atom is -0.494 e. The Bertz CT molecular complexity index is 858. The van der Waals surface area contributed by atoms with E-state index in [9.17, 15) is 20.0 Å². The molecule has 8 nitrogen and oxygen atoms in total. The Balaban J connectivity index is 2.43. The summed E-state index contributed by atoms with van der Waals surface area (Å²) in [4.78, 5) is 30.2. The van der Waals surface area contributed by atoms with Crippen molar-refractivity contribution < 1.29 is 10.0 Å². The number of aromatic amines is 2. The van der Waals surface area contributed by atoms with E-state index in [1.54, 1.807) is 0 Å². The lowest BCUT2D eigenvalue weighted by atomic mass is 10.3. The summed E-state index contributed by atoms with van der Waals surface area (Å²) in [5, 5.41) is 20.3. The van der Waals surface area contributed by atoms with Gasteiger partial charge in [0.25, 0.3) is 11.2 Å². The third-order valence-corrected chi connectivity index (χ3v) is 2.95. The highest BCUT2D eigenvalue weighted by molar-refractivity contribution is 7.71. The van der Waals surface area contributed by atoms with E-state index < -0.39 is 16.4 Å². The maximum absolute atomic E-state index is 11.6. The zero-order valence-corrected chi connectivity index (χ0v) is 11.7. The van der Waals surface area contributed by atoms with Crippen LogP contribution in [0, 0.1) is 14.9 Å². The van der Waals surface area contributed by atoms with E-state index in [-0.39, 0.29) is 26.7 Å². The summed E-state index contributed by atoms with van der Waals surface area (Å²) >= 11 is 10.4. The molecule has 10 heteroatoms. The molecule has 0 amide bonds. The van der Waals surface area contributed by atoms with Crippen LogP contribution in [0.5, 0.6) is 5.88 Å². The van der Waals surface area contributed by atoms with Gasteiger partial charge in [0, 0.05) is 12.3 Å². The summed E-state index contributed by atoms with van der Waals surface area (Å²) < 4.78 is -0.0308. The molecule has 0 radical (unpaired) electrons. The molecule has 0 aliphatic heterocycles. The molecule has 1 aromatic carbocycles. The summed E-state index contributed by atoms with van der Waals surface area (Å²) in [7, 11) is 0. The Hall–Kier alpha value is -2.52. The van der Waals surface area contributed by atoms with Crippen LogP contribution in [0.1, 0.15) is 5.56 Å². The summed E-state index contributed by atoms with van der Waals surface area (Å²) in [5.41, 5.74) is -0.895. The largest absolute Gasteiger partial charge is 0.494 e. The monoisotopic (exact) mass is 326 g/mol. The average Bonchev–Trinajstić information content (AvgIpc) is 2.38. The zero-order chi connectivity index (χ0) is 15.6. The zero-order valence-electron chi connectivity index (χ0n) is 10.2. The second-order valence-corrected chi connectivity index (χ2v) is 4.64. The molecular weight excluding hydrogens is 320 g/mol. The fourth-order valence-electron chi connectivity index (χ4n) is 1.46. The molecule has 0 aliphatic rings. The van der Waals surface area contributed by atoms with E-state index in [1.165, 1.54) is 12.1 Å². The fraction of sp³-hybridized carbons (Fsp3) is 0. The van der Waals surface area contributed by atoms with Crippen molar-refractivity contribution in [1.82, 2.24) is 9.97 Å². The quantitative estimate of drug-likeness (QED) is 0.346. The molecular formula is C11H7ClN4O4S. The van der Waals surface area contributed by atoms with Gasteiger partial charge in [-0.25, -0.2) is 0 Å². The first kappa shape index (κ1) is 14.9. The lowest BCUT2D eigenvalue weighted by molar-refractivity contribution is -0.384.